The van der Waals surface area contributed by atoms with Crippen molar-refractivity contribution in [1.82, 2.24) is 0 Å². The number of hydrogen-bond acceptors (Lipinski definition) is 5. The second-order valence-electron chi connectivity index (χ2n) is 1.15. The minimum absolute atomic E-state index is 0. The second kappa shape index (κ2) is 5.63. The van der Waals surface area contributed by atoms with Crippen LogP contribution < -0.4 is 34.5 Å². The molecule has 0 radical (unpaired) electrons. The maximum atomic E-state index is 10.4. The van der Waals surface area contributed by atoms with Crippen molar-refractivity contribution in [2.75, 3.05) is 13.4 Å². The summed E-state index contributed by atoms with van der Waals surface area (Å²) in [6.45, 7) is -3.96. The molecular weight excluding hydrogens is 186 g/mol. The third-order valence-corrected chi connectivity index (χ3v) is 3.64. The summed E-state index contributed by atoms with van der Waals surface area (Å²) in [6.07, 6.45) is 1.31. The molecule has 0 aliphatic carbocycles. The topological polar surface area (TPSA) is 66.4 Å². The molecule has 0 bridgehead atoms. The van der Waals surface area contributed by atoms with Gasteiger partial charge in [-0.1, -0.05) is 0 Å². The van der Waals surface area contributed by atoms with Gasteiger partial charge in [0.1, 0.15) is 0 Å². The van der Waals surface area contributed by atoms with E-state index in [4.69, 9.17) is 0 Å². The Morgan fingerprint density at radius 3 is 2.20 bits per heavy atom. The van der Waals surface area contributed by atoms with Crippen molar-refractivity contribution in [2.24, 2.45) is 0 Å². The van der Waals surface area contributed by atoms with Gasteiger partial charge >= 0.3 is 35.3 Å². The third kappa shape index (κ3) is 4.01. The molecule has 4 nitrogen and oxygen atoms in total. The van der Waals surface area contributed by atoms with Crippen LogP contribution in [0.15, 0.2) is 0 Å². The Balaban J connectivity index is 0. The summed E-state index contributed by atoms with van der Waals surface area (Å²) in [7, 11) is 1.03. The summed E-state index contributed by atoms with van der Waals surface area (Å²) in [5.74, 6) is 0. The van der Waals surface area contributed by atoms with Crippen LogP contribution >= 0.6 is 18.0 Å². The fourth-order valence-corrected chi connectivity index (χ4v) is 1.23. The van der Waals surface area contributed by atoms with Gasteiger partial charge in [0, 0.05) is 0 Å². The normalized spacial score (nSPS) is 14.7. The summed E-state index contributed by atoms with van der Waals surface area (Å²) in [5.41, 5.74) is -1.17. The van der Waals surface area contributed by atoms with Crippen LogP contribution in [0.5, 0.6) is 0 Å². The molecule has 10 heavy (non-hydrogen) atoms. The van der Waals surface area contributed by atoms with Crippen molar-refractivity contribution in [3.05, 3.63) is 0 Å². The first-order valence-electron chi connectivity index (χ1n) is 2.00. The first-order valence-corrected chi connectivity index (χ1v) is 5.45. The van der Waals surface area contributed by atoms with Gasteiger partial charge in [-0.05, 0) is 6.26 Å². The van der Waals surface area contributed by atoms with Crippen molar-refractivity contribution >= 4 is 23.7 Å². The number of hydrogen-bond donors (Lipinski definition) is 0. The molecule has 0 rings (SSSR count). The van der Waals surface area contributed by atoms with E-state index in [1.807, 2.05) is 0 Å². The average molecular weight is 192 g/mol. The third-order valence-electron chi connectivity index (χ3n) is 0.639. The molecule has 0 amide bonds. The van der Waals surface area contributed by atoms with Crippen molar-refractivity contribution < 1.29 is 48.5 Å². The molecule has 0 fully saturated rings. The fraction of sp³-hybridized carbons (Fsp3) is 0.667. The number of rotatable bonds is 2. The minimum Gasteiger partial charge on any atom is -0.783 e. The van der Waals surface area contributed by atoms with E-state index in [1.54, 1.807) is 0 Å². The van der Waals surface area contributed by atoms with Crippen LogP contribution in [0.25, 0.3) is 0 Å². The first kappa shape index (κ1) is 13.6. The second-order valence-corrected chi connectivity index (χ2v) is 5.41. The molecule has 0 aromatic rings. The van der Waals surface area contributed by atoms with Gasteiger partial charge in [-0.15, -0.1) is 11.4 Å². The Kier molecular flexibility index (Phi) is 7.66. The van der Waals surface area contributed by atoms with Crippen LogP contribution in [0.1, 0.15) is 0 Å². The van der Waals surface area contributed by atoms with Gasteiger partial charge < -0.3 is 14.2 Å². The van der Waals surface area contributed by atoms with E-state index in [0.29, 0.717) is 11.4 Å². The fourth-order valence-electron chi connectivity index (χ4n) is 0.186. The summed E-state index contributed by atoms with van der Waals surface area (Å²) >= 11 is 0.485. The summed E-state index contributed by atoms with van der Waals surface area (Å²) < 4.78 is 14.4. The number of methoxy groups -OCH3 is 1. The molecule has 0 N–H and O–H groups in total. The van der Waals surface area contributed by atoms with E-state index in [1.165, 1.54) is 6.26 Å². The molecule has 0 aromatic carbocycles. The molecule has 0 aliphatic rings. The van der Waals surface area contributed by atoms with Crippen LogP contribution in [0.3, 0.4) is 0 Å². The van der Waals surface area contributed by atoms with E-state index < -0.39 is 12.3 Å². The van der Waals surface area contributed by atoms with E-state index >= 15 is 0 Å². The maximum absolute atomic E-state index is 10.4. The van der Waals surface area contributed by atoms with Gasteiger partial charge in [0.2, 0.25) is 0 Å². The zero-order valence-electron chi connectivity index (χ0n) is 5.99. The van der Waals surface area contributed by atoms with Crippen LogP contribution in [0.4, 0.5) is 4.79 Å². The van der Waals surface area contributed by atoms with Crippen molar-refractivity contribution in [3.8, 4) is 0 Å². The van der Waals surface area contributed by atoms with Crippen molar-refractivity contribution in [3.63, 3.8) is 0 Å². The molecule has 0 heterocycles. The number of carbonyl (C=O) groups is 1. The molecule has 0 spiro atoms. The SMILES string of the molecule is COC(=O)P(=O)([O-])SC.[Na+]. The molecule has 54 valence electrons. The zero-order valence-corrected chi connectivity index (χ0v) is 9.70. The quantitative estimate of drug-likeness (QED) is 0.362. The van der Waals surface area contributed by atoms with Crippen LogP contribution in [0.2, 0.25) is 0 Å². The molecule has 0 saturated heterocycles. The van der Waals surface area contributed by atoms with Gasteiger partial charge in [-0.25, -0.2) is 4.79 Å². The van der Waals surface area contributed by atoms with Crippen molar-refractivity contribution in [2.45, 2.75) is 0 Å². The minimum atomic E-state index is -3.96. The smallest absolute Gasteiger partial charge is 0.783 e. The predicted octanol–water partition coefficient (Wildman–Crippen LogP) is -2.33. The van der Waals surface area contributed by atoms with Gasteiger partial charge in [0.25, 0.3) is 0 Å². The first-order chi connectivity index (χ1) is 4.04. The van der Waals surface area contributed by atoms with Crippen molar-refractivity contribution in [1.29, 1.82) is 0 Å². The molecular formula is C3H6NaO4PS. The van der Waals surface area contributed by atoms with Crippen LogP contribution in [-0.2, 0) is 9.30 Å². The predicted molar refractivity (Wildman–Crippen MR) is 33.5 cm³/mol. The van der Waals surface area contributed by atoms with E-state index in [-0.39, 0.29) is 29.6 Å². The summed E-state index contributed by atoms with van der Waals surface area (Å²) in [6, 6.07) is 0. The van der Waals surface area contributed by atoms with E-state index in [9.17, 15) is 14.3 Å². The van der Waals surface area contributed by atoms with E-state index in [0.717, 1.165) is 7.11 Å². The molecule has 1 unspecified atom stereocenters. The maximum Gasteiger partial charge on any atom is 1.00 e. The standard InChI is InChI=1S/C3H7O4PS.Na/c1-7-3(4)8(5,6)9-2;/h1-2H3,(H,5,6);/q;+1/p-1. The number of ether oxygens (including phenoxy) is 1. The Morgan fingerprint density at radius 2 is 2.10 bits per heavy atom. The molecule has 1 atom stereocenters. The Hall–Kier alpha value is 1.01. The van der Waals surface area contributed by atoms with Gasteiger partial charge in [0.15, 0.2) is 6.57 Å². The average Bonchev–Trinajstić information content (AvgIpc) is 1.86. The molecule has 0 saturated carbocycles. The van der Waals surface area contributed by atoms with Gasteiger partial charge in [-0.3, -0.25) is 0 Å². The Labute approximate surface area is 85.2 Å². The van der Waals surface area contributed by atoms with Crippen LogP contribution in [-0.4, -0.2) is 19.1 Å². The zero-order chi connectivity index (χ0) is 7.49. The van der Waals surface area contributed by atoms with Crippen LogP contribution in [0, 0.1) is 0 Å². The molecule has 0 aromatic heterocycles. The van der Waals surface area contributed by atoms with Gasteiger partial charge in [-0.2, -0.15) is 0 Å². The Bertz CT molecular complexity index is 161. The Morgan fingerprint density at radius 1 is 1.70 bits per heavy atom. The summed E-state index contributed by atoms with van der Waals surface area (Å²) in [4.78, 5) is 20.7. The number of carbonyl (C=O) groups excluding carboxylic acids is 1. The monoisotopic (exact) mass is 192 g/mol. The molecule has 0 aliphatic heterocycles. The summed E-state index contributed by atoms with van der Waals surface area (Å²) in [5, 5.41) is 0. The molecule has 7 heteroatoms. The van der Waals surface area contributed by atoms with Gasteiger partial charge in [0.05, 0.1) is 7.11 Å². The largest absolute Gasteiger partial charge is 1.00 e. The van der Waals surface area contributed by atoms with E-state index in [2.05, 4.69) is 4.74 Å².